The van der Waals surface area contributed by atoms with Gasteiger partial charge >= 0.3 is 0 Å². The van der Waals surface area contributed by atoms with Gasteiger partial charge in [0, 0.05) is 41.3 Å². The number of aliphatic hydroxyl groups excluding tert-OH is 1. The molecule has 2 aromatic carbocycles. The first kappa shape index (κ1) is 45.0. The van der Waals surface area contributed by atoms with Crippen LogP contribution in [0.4, 0.5) is 11.4 Å². The van der Waals surface area contributed by atoms with Crippen molar-refractivity contribution in [2.75, 3.05) is 29.7 Å². The van der Waals surface area contributed by atoms with E-state index in [1.165, 1.54) is 35.1 Å². The van der Waals surface area contributed by atoms with Crippen molar-refractivity contribution >= 4 is 71.1 Å². The first-order valence-electron chi connectivity index (χ1n) is 21.5. The van der Waals surface area contributed by atoms with Crippen molar-refractivity contribution < 1.29 is 28.9 Å². The molecule has 1 spiro atoms. The number of unbranched alkanes of at least 4 members (excludes halogenated alkanes) is 1. The minimum Gasteiger partial charge on any atom is -0.486 e. The molecular formula is C50H60I2N2O6. The molecular weight excluding hydrogens is 978 g/mol. The highest BCUT2D eigenvalue weighted by molar-refractivity contribution is 14.0. The number of allylic oxidation sites excluding steroid dienone is 6. The summed E-state index contributed by atoms with van der Waals surface area (Å²) in [6.45, 7) is 14.4. The molecule has 10 heteroatoms. The summed E-state index contributed by atoms with van der Waals surface area (Å²) in [5.41, 5.74) is 9.41. The second-order valence-electron chi connectivity index (χ2n) is 18.7. The monoisotopic (exact) mass is 1040 g/mol. The summed E-state index contributed by atoms with van der Waals surface area (Å²) in [7, 11) is 0. The molecule has 3 saturated heterocycles. The van der Waals surface area contributed by atoms with Gasteiger partial charge in [0.25, 0.3) is 5.91 Å². The molecule has 3 fully saturated rings. The van der Waals surface area contributed by atoms with Crippen LogP contribution in [0.25, 0.3) is 0 Å². The molecule has 0 radical (unpaired) electrons. The Kier molecular flexibility index (Phi) is 12.9. The van der Waals surface area contributed by atoms with Gasteiger partial charge in [0.05, 0.1) is 12.5 Å². The van der Waals surface area contributed by atoms with E-state index in [9.17, 15) is 14.7 Å². The lowest BCUT2D eigenvalue weighted by atomic mass is 9.71. The third-order valence-corrected chi connectivity index (χ3v) is 13.8. The van der Waals surface area contributed by atoms with Gasteiger partial charge in [-0.3, -0.25) is 19.4 Å². The number of rotatable bonds is 6. The van der Waals surface area contributed by atoms with Gasteiger partial charge in [0.1, 0.15) is 24.7 Å². The largest absolute Gasteiger partial charge is 0.486 e. The normalized spacial score (nSPS) is 29.9. The Morgan fingerprint density at radius 1 is 0.900 bits per heavy atom. The standard InChI is InChI=1S/C46H48N2O6.C4H10.2HI/c1-44(2)24-46(25-45(3,4)39-27(22-49)9-7-14-37(39)46)36-18-16-32(21-38(36)44)53-31-15-17-33-28(19-31)23-52-26-47(41(33)50)29-10-8-11-30(20-29)48-42(51)35-13-6-5-12-34(35)40-43(48)54-40;1-3-4-2;;/h5-8,10-12,14,16-21,27,31,35,40,43,49H,9,13,15,22-26H2,1-4H3;3-4H2,1-2H3;2*1H/t27?,31?,35?,40?,43-,46?;;;/m1.../s1. The van der Waals surface area contributed by atoms with Crippen LogP contribution in [-0.4, -0.2) is 55.3 Å². The highest BCUT2D eigenvalue weighted by atomic mass is 127. The highest BCUT2D eigenvalue weighted by Crippen LogP contribution is 2.66. The van der Waals surface area contributed by atoms with E-state index in [2.05, 4.69) is 71.9 Å². The van der Waals surface area contributed by atoms with Gasteiger partial charge < -0.3 is 19.3 Å². The maximum absolute atomic E-state index is 14.1. The van der Waals surface area contributed by atoms with E-state index in [4.69, 9.17) is 14.2 Å². The highest BCUT2D eigenvalue weighted by Gasteiger charge is 2.59. The van der Waals surface area contributed by atoms with E-state index in [-0.39, 0.29) is 120 Å². The van der Waals surface area contributed by atoms with E-state index in [0.717, 1.165) is 41.8 Å². The van der Waals surface area contributed by atoms with Crippen LogP contribution in [0.1, 0.15) is 97.6 Å². The van der Waals surface area contributed by atoms with Crippen LogP contribution in [0, 0.1) is 17.3 Å². The minimum atomic E-state index is -0.308. The third-order valence-electron chi connectivity index (χ3n) is 13.8. The van der Waals surface area contributed by atoms with Gasteiger partial charge in [0.15, 0.2) is 6.23 Å². The minimum absolute atomic E-state index is 0. The van der Waals surface area contributed by atoms with Gasteiger partial charge in [-0.1, -0.05) is 109 Å². The van der Waals surface area contributed by atoms with Gasteiger partial charge in [-0.2, -0.15) is 0 Å². The Bertz CT molecular complexity index is 2230. The number of anilines is 2. The molecule has 0 aromatic heterocycles. The Labute approximate surface area is 389 Å². The summed E-state index contributed by atoms with van der Waals surface area (Å²) in [5.74, 6) is 0.720. The zero-order valence-corrected chi connectivity index (χ0v) is 40.4. The number of aliphatic hydroxyl groups is 1. The smallest absolute Gasteiger partial charge is 0.260 e. The van der Waals surface area contributed by atoms with Gasteiger partial charge in [0.2, 0.25) is 5.91 Å². The first-order valence-corrected chi connectivity index (χ1v) is 21.5. The molecule has 3 heterocycles. The summed E-state index contributed by atoms with van der Waals surface area (Å²) >= 11 is 0. The van der Waals surface area contributed by atoms with Gasteiger partial charge in [-0.05, 0) is 101 Å². The quantitative estimate of drug-likeness (QED) is 0.229. The van der Waals surface area contributed by atoms with Crippen LogP contribution in [0.2, 0.25) is 0 Å². The number of carbonyl (C=O) groups is 2. The van der Waals surface area contributed by atoms with Crippen LogP contribution in [-0.2, 0) is 29.9 Å². The summed E-state index contributed by atoms with van der Waals surface area (Å²) in [5, 5.41) is 10.3. The second-order valence-corrected chi connectivity index (χ2v) is 18.7. The molecule has 6 atom stereocenters. The Hall–Kier alpha value is -3.04. The van der Waals surface area contributed by atoms with E-state index >= 15 is 0 Å². The second kappa shape index (κ2) is 17.3. The number of halogens is 2. The van der Waals surface area contributed by atoms with Crippen LogP contribution < -0.4 is 14.5 Å². The van der Waals surface area contributed by atoms with E-state index in [1.807, 2.05) is 54.6 Å². The maximum atomic E-state index is 14.1. The zero-order chi connectivity index (χ0) is 40.6. The molecule has 3 aliphatic heterocycles. The third kappa shape index (κ3) is 7.62. The lowest BCUT2D eigenvalue weighted by Gasteiger charge is -2.32. The number of piperidine rings is 1. The van der Waals surface area contributed by atoms with Crippen molar-refractivity contribution in [3.05, 3.63) is 124 Å². The van der Waals surface area contributed by atoms with Crippen LogP contribution >= 0.6 is 48.0 Å². The number of carbonyl (C=O) groups excluding carboxylic acids is 2. The molecule has 5 aliphatic carbocycles. The fourth-order valence-electron chi connectivity index (χ4n) is 11.2. The molecule has 8 aliphatic rings. The molecule has 1 N–H and O–H groups in total. The topological polar surface area (TPSA) is 91.8 Å². The predicted octanol–water partition coefficient (Wildman–Crippen LogP) is 10.5. The van der Waals surface area contributed by atoms with Crippen molar-refractivity contribution in [3.63, 3.8) is 0 Å². The van der Waals surface area contributed by atoms with Crippen molar-refractivity contribution in [3.8, 4) is 5.75 Å². The molecule has 5 unspecified atom stereocenters. The van der Waals surface area contributed by atoms with Crippen LogP contribution in [0.3, 0.4) is 0 Å². The Balaban J connectivity index is 0.000000871. The number of fused-ring (bicyclic) bond motifs is 7. The van der Waals surface area contributed by atoms with Crippen molar-refractivity contribution in [1.82, 2.24) is 0 Å². The average Bonchev–Trinajstić information content (AvgIpc) is 3.96. The summed E-state index contributed by atoms with van der Waals surface area (Å²) < 4.78 is 18.8. The molecule has 2 amide bonds. The number of benzene rings is 2. The number of hydrogen-bond acceptors (Lipinski definition) is 6. The summed E-state index contributed by atoms with van der Waals surface area (Å²) in [6, 6.07) is 14.2. The fourth-order valence-corrected chi connectivity index (χ4v) is 11.2. The zero-order valence-electron chi connectivity index (χ0n) is 35.7. The van der Waals surface area contributed by atoms with Crippen LogP contribution in [0.5, 0.6) is 5.75 Å². The first-order chi connectivity index (χ1) is 27.9. The lowest BCUT2D eigenvalue weighted by Crippen LogP contribution is -2.45. The number of ether oxygens (including phenoxy) is 3. The molecule has 320 valence electrons. The summed E-state index contributed by atoms with van der Waals surface area (Å²) in [6.07, 6.45) is 20.9. The summed E-state index contributed by atoms with van der Waals surface area (Å²) in [4.78, 5) is 31.2. The van der Waals surface area contributed by atoms with Crippen molar-refractivity contribution in [1.29, 1.82) is 0 Å². The number of amides is 2. The van der Waals surface area contributed by atoms with Gasteiger partial charge in [-0.15, -0.1) is 48.0 Å². The van der Waals surface area contributed by atoms with Crippen molar-refractivity contribution in [2.24, 2.45) is 17.3 Å². The molecule has 0 saturated carbocycles. The molecule has 0 bridgehead atoms. The number of hydrogen-bond donors (Lipinski definition) is 1. The SMILES string of the molecule is CC1(C)CC2(CC(C)(C)c3cc(OC4C=C5COCN(c6cccc(N7C(=O)C8CC=CC=C8C8O[C@H]87)c6)C(=O)C5=CC4)ccc32)C2=C1C(CO)CC=C2.CCCC.I.I. The van der Waals surface area contributed by atoms with E-state index in [1.54, 1.807) is 9.80 Å². The Morgan fingerprint density at radius 2 is 1.67 bits per heavy atom. The molecule has 10 rings (SSSR count). The molecule has 8 nitrogen and oxygen atoms in total. The molecule has 2 aromatic rings. The maximum Gasteiger partial charge on any atom is 0.260 e. The van der Waals surface area contributed by atoms with E-state index < -0.39 is 0 Å². The molecule has 60 heavy (non-hydrogen) atoms. The Morgan fingerprint density at radius 3 is 2.43 bits per heavy atom. The lowest BCUT2D eigenvalue weighted by molar-refractivity contribution is -0.122. The number of nitrogens with zero attached hydrogens (tertiary/aromatic N) is 2. The predicted molar refractivity (Wildman–Crippen MR) is 258 cm³/mol. The van der Waals surface area contributed by atoms with Crippen LogP contribution in [0.15, 0.2) is 113 Å². The van der Waals surface area contributed by atoms with E-state index in [0.29, 0.717) is 30.7 Å². The van der Waals surface area contributed by atoms with Crippen molar-refractivity contribution in [2.45, 2.75) is 116 Å². The average molecular weight is 1040 g/mol. The van der Waals surface area contributed by atoms with Gasteiger partial charge in [-0.25, -0.2) is 0 Å². The number of epoxide rings is 1. The fraction of sp³-hybridized carbons (Fsp3) is 0.480.